The third kappa shape index (κ3) is 4.69. The van der Waals surface area contributed by atoms with Gasteiger partial charge in [-0.15, -0.1) is 0 Å². The van der Waals surface area contributed by atoms with Crippen LogP contribution in [0, 0.1) is 12.8 Å². The largest absolute Gasteiger partial charge is 0.475 e. The lowest BCUT2D eigenvalue weighted by Crippen LogP contribution is -2.37. The van der Waals surface area contributed by atoms with E-state index in [1.54, 1.807) is 13.0 Å². The van der Waals surface area contributed by atoms with Crippen molar-refractivity contribution in [3.8, 4) is 0 Å². The SMILES string of the molecule is CCOCC(NCc1cc(C)c(C(=O)O)o1)C(C)C. The van der Waals surface area contributed by atoms with Gasteiger partial charge in [0.05, 0.1) is 13.2 Å². The lowest BCUT2D eigenvalue weighted by atomic mass is 10.1. The molecule has 1 rings (SSSR count). The maximum Gasteiger partial charge on any atom is 0.372 e. The summed E-state index contributed by atoms with van der Waals surface area (Å²) in [4.78, 5) is 10.9. The van der Waals surface area contributed by atoms with Gasteiger partial charge in [0.1, 0.15) is 5.76 Å². The smallest absolute Gasteiger partial charge is 0.372 e. The van der Waals surface area contributed by atoms with Crippen LogP contribution in [-0.4, -0.2) is 30.3 Å². The molecule has 1 aromatic rings. The Morgan fingerprint density at radius 2 is 2.21 bits per heavy atom. The summed E-state index contributed by atoms with van der Waals surface area (Å²) < 4.78 is 10.7. The predicted molar refractivity (Wildman–Crippen MR) is 72.4 cm³/mol. The molecule has 0 amide bonds. The van der Waals surface area contributed by atoms with Gasteiger partial charge in [0.15, 0.2) is 0 Å². The molecule has 0 spiro atoms. The standard InChI is InChI=1S/C14H23NO4/c1-5-18-8-12(9(2)3)15-7-11-6-10(4)13(19-11)14(16)17/h6,9,12,15H,5,7-8H2,1-4H3,(H,16,17). The number of carboxylic acids is 1. The van der Waals surface area contributed by atoms with Gasteiger partial charge >= 0.3 is 5.97 Å². The first-order valence-electron chi connectivity index (χ1n) is 6.59. The molecule has 0 aliphatic rings. The summed E-state index contributed by atoms with van der Waals surface area (Å²) in [7, 11) is 0. The molecule has 1 heterocycles. The molecule has 0 saturated heterocycles. The number of carboxylic acid groups (broad SMARTS) is 1. The van der Waals surface area contributed by atoms with Crippen LogP contribution in [0.3, 0.4) is 0 Å². The Bertz CT molecular complexity index is 412. The van der Waals surface area contributed by atoms with Gasteiger partial charge in [-0.3, -0.25) is 0 Å². The van der Waals surface area contributed by atoms with Crippen molar-refractivity contribution in [1.29, 1.82) is 0 Å². The summed E-state index contributed by atoms with van der Waals surface area (Å²) in [6.45, 7) is 9.76. The van der Waals surface area contributed by atoms with Gasteiger partial charge in [0.2, 0.25) is 5.76 Å². The van der Waals surface area contributed by atoms with Crippen LogP contribution in [0.15, 0.2) is 10.5 Å². The molecule has 5 heteroatoms. The average Bonchev–Trinajstić information content (AvgIpc) is 2.70. The van der Waals surface area contributed by atoms with Crippen molar-refractivity contribution in [2.45, 2.75) is 40.3 Å². The molecule has 0 saturated carbocycles. The van der Waals surface area contributed by atoms with E-state index >= 15 is 0 Å². The minimum absolute atomic E-state index is 0.0164. The molecule has 0 aliphatic carbocycles. The highest BCUT2D eigenvalue weighted by molar-refractivity contribution is 5.86. The monoisotopic (exact) mass is 269 g/mol. The number of rotatable bonds is 8. The van der Waals surface area contributed by atoms with Gasteiger partial charge in [0, 0.05) is 18.2 Å². The maximum absolute atomic E-state index is 10.9. The van der Waals surface area contributed by atoms with E-state index in [1.165, 1.54) is 0 Å². The third-order valence-electron chi connectivity index (χ3n) is 3.01. The minimum atomic E-state index is -1.03. The van der Waals surface area contributed by atoms with Crippen LogP contribution in [0.25, 0.3) is 0 Å². The highest BCUT2D eigenvalue weighted by Gasteiger charge is 2.17. The highest BCUT2D eigenvalue weighted by atomic mass is 16.5. The van der Waals surface area contributed by atoms with Gasteiger partial charge in [-0.2, -0.15) is 0 Å². The van der Waals surface area contributed by atoms with E-state index in [2.05, 4.69) is 19.2 Å². The zero-order chi connectivity index (χ0) is 14.4. The number of aromatic carboxylic acids is 1. The van der Waals surface area contributed by atoms with Crippen molar-refractivity contribution in [3.63, 3.8) is 0 Å². The lowest BCUT2D eigenvalue weighted by molar-refractivity contribution is 0.0658. The molecular formula is C14H23NO4. The number of nitrogens with one attached hydrogen (secondary N) is 1. The Labute approximate surface area is 113 Å². The van der Waals surface area contributed by atoms with Crippen molar-refractivity contribution >= 4 is 5.97 Å². The van der Waals surface area contributed by atoms with Gasteiger partial charge in [-0.1, -0.05) is 13.8 Å². The molecule has 1 atom stereocenters. The normalized spacial score (nSPS) is 12.9. The fourth-order valence-corrected chi connectivity index (χ4v) is 1.81. The van der Waals surface area contributed by atoms with Gasteiger partial charge in [-0.05, 0) is 25.8 Å². The number of hydrogen-bond donors (Lipinski definition) is 2. The van der Waals surface area contributed by atoms with E-state index in [4.69, 9.17) is 14.3 Å². The second-order valence-corrected chi connectivity index (χ2v) is 4.92. The number of carbonyl (C=O) groups is 1. The van der Waals surface area contributed by atoms with Crippen molar-refractivity contribution in [1.82, 2.24) is 5.32 Å². The fourth-order valence-electron chi connectivity index (χ4n) is 1.81. The first kappa shape index (κ1) is 15.7. The summed E-state index contributed by atoms with van der Waals surface area (Å²) >= 11 is 0. The number of aryl methyl sites for hydroxylation is 1. The number of hydrogen-bond acceptors (Lipinski definition) is 4. The van der Waals surface area contributed by atoms with Crippen LogP contribution >= 0.6 is 0 Å². The van der Waals surface area contributed by atoms with Gasteiger partial charge in [0.25, 0.3) is 0 Å². The zero-order valence-electron chi connectivity index (χ0n) is 12.0. The predicted octanol–water partition coefficient (Wildman–Crippen LogP) is 2.44. The Morgan fingerprint density at radius 3 is 2.68 bits per heavy atom. The topological polar surface area (TPSA) is 71.7 Å². The van der Waals surface area contributed by atoms with E-state index in [9.17, 15) is 4.79 Å². The van der Waals surface area contributed by atoms with Crippen molar-refractivity contribution < 1.29 is 19.1 Å². The summed E-state index contributed by atoms with van der Waals surface area (Å²) in [6, 6.07) is 1.98. The molecule has 1 unspecified atom stereocenters. The molecule has 19 heavy (non-hydrogen) atoms. The Hall–Kier alpha value is -1.33. The Balaban J connectivity index is 2.58. The Kier molecular flexibility index (Phi) is 6.05. The molecule has 0 fully saturated rings. The quantitative estimate of drug-likeness (QED) is 0.758. The van der Waals surface area contributed by atoms with Crippen LogP contribution in [0.5, 0.6) is 0 Å². The van der Waals surface area contributed by atoms with Crippen LogP contribution < -0.4 is 5.32 Å². The van der Waals surface area contributed by atoms with Crippen LogP contribution in [0.2, 0.25) is 0 Å². The summed E-state index contributed by atoms with van der Waals surface area (Å²) in [5.41, 5.74) is 0.648. The second-order valence-electron chi connectivity index (χ2n) is 4.92. The van der Waals surface area contributed by atoms with Crippen LogP contribution in [0.1, 0.15) is 42.6 Å². The van der Waals surface area contributed by atoms with Crippen LogP contribution in [0.4, 0.5) is 0 Å². The van der Waals surface area contributed by atoms with Gasteiger partial charge < -0.3 is 19.6 Å². The molecule has 0 aromatic carbocycles. The summed E-state index contributed by atoms with van der Waals surface area (Å²) in [5.74, 6) is 0.0554. The first-order chi connectivity index (χ1) is 8.95. The number of furan rings is 1. The molecule has 0 aliphatic heterocycles. The van der Waals surface area contributed by atoms with Crippen molar-refractivity contribution in [2.75, 3.05) is 13.2 Å². The Morgan fingerprint density at radius 1 is 1.53 bits per heavy atom. The lowest BCUT2D eigenvalue weighted by Gasteiger charge is -2.21. The van der Waals surface area contributed by atoms with E-state index in [1.807, 2.05) is 6.92 Å². The maximum atomic E-state index is 10.9. The molecule has 0 bridgehead atoms. The molecule has 0 radical (unpaired) electrons. The highest BCUT2D eigenvalue weighted by Crippen LogP contribution is 2.15. The van der Waals surface area contributed by atoms with Crippen LogP contribution in [-0.2, 0) is 11.3 Å². The average molecular weight is 269 g/mol. The minimum Gasteiger partial charge on any atom is -0.475 e. The van der Waals surface area contributed by atoms with E-state index in [0.717, 1.165) is 0 Å². The molecule has 5 nitrogen and oxygen atoms in total. The molecular weight excluding hydrogens is 246 g/mol. The van der Waals surface area contributed by atoms with E-state index < -0.39 is 5.97 Å². The molecule has 2 N–H and O–H groups in total. The fraction of sp³-hybridized carbons (Fsp3) is 0.643. The first-order valence-corrected chi connectivity index (χ1v) is 6.59. The van der Waals surface area contributed by atoms with E-state index in [-0.39, 0.29) is 11.8 Å². The van der Waals surface area contributed by atoms with E-state index in [0.29, 0.717) is 37.0 Å². The molecule has 108 valence electrons. The summed E-state index contributed by atoms with van der Waals surface area (Å²) in [6.07, 6.45) is 0. The second kappa shape index (κ2) is 7.31. The van der Waals surface area contributed by atoms with Crippen molar-refractivity contribution in [2.24, 2.45) is 5.92 Å². The van der Waals surface area contributed by atoms with Crippen molar-refractivity contribution in [3.05, 3.63) is 23.2 Å². The summed E-state index contributed by atoms with van der Waals surface area (Å²) in [5, 5.41) is 12.3. The zero-order valence-corrected chi connectivity index (χ0v) is 12.0. The number of ether oxygens (including phenoxy) is 1. The third-order valence-corrected chi connectivity index (χ3v) is 3.01. The van der Waals surface area contributed by atoms with Gasteiger partial charge in [-0.25, -0.2) is 4.79 Å². The molecule has 1 aromatic heterocycles.